The van der Waals surface area contributed by atoms with E-state index in [1.807, 2.05) is 6.07 Å². The molecule has 0 bridgehead atoms. The number of fused-ring (bicyclic) bond motifs is 1. The topological polar surface area (TPSA) is 57.8 Å². The molecule has 23 heavy (non-hydrogen) atoms. The average Bonchev–Trinajstić information content (AvgIpc) is 2.93. The summed E-state index contributed by atoms with van der Waals surface area (Å²) in [6.45, 7) is 0. The van der Waals surface area contributed by atoms with E-state index >= 15 is 0 Å². The van der Waals surface area contributed by atoms with Crippen LogP contribution >= 0.6 is 31.9 Å². The van der Waals surface area contributed by atoms with E-state index in [1.54, 1.807) is 18.2 Å². The van der Waals surface area contributed by atoms with E-state index in [4.69, 9.17) is 0 Å². The van der Waals surface area contributed by atoms with Gasteiger partial charge in [-0.2, -0.15) is 0 Å². The minimum atomic E-state index is -2.68. The summed E-state index contributed by atoms with van der Waals surface area (Å²) in [6.07, 6.45) is -2.68. The molecule has 2 N–H and O–H groups in total. The maximum Gasteiger partial charge on any atom is 0.295 e. The van der Waals surface area contributed by atoms with Crippen molar-refractivity contribution in [2.75, 3.05) is 5.32 Å². The average molecular weight is 445 g/mol. The second kappa shape index (κ2) is 6.37. The molecular formula is C15H9Br2F2N3O. The number of aromatic amines is 1. The number of anilines is 1. The zero-order valence-corrected chi connectivity index (χ0v) is 14.6. The molecule has 0 aliphatic rings. The SMILES string of the molecule is O=C(Nc1ccc(Br)cc1Br)c1ccc2nc(C(F)F)[nH]c2c1. The van der Waals surface area contributed by atoms with Crippen molar-refractivity contribution < 1.29 is 13.6 Å². The van der Waals surface area contributed by atoms with Gasteiger partial charge in [-0.3, -0.25) is 4.79 Å². The number of halogens is 4. The van der Waals surface area contributed by atoms with E-state index in [2.05, 4.69) is 47.1 Å². The normalized spacial score (nSPS) is 11.2. The summed E-state index contributed by atoms with van der Waals surface area (Å²) in [5, 5.41) is 2.76. The lowest BCUT2D eigenvalue weighted by Gasteiger charge is -2.07. The van der Waals surface area contributed by atoms with E-state index in [0.717, 1.165) is 8.95 Å². The molecule has 1 heterocycles. The van der Waals surface area contributed by atoms with Crippen molar-refractivity contribution in [3.63, 3.8) is 0 Å². The molecule has 1 amide bonds. The van der Waals surface area contributed by atoms with Gasteiger partial charge in [0, 0.05) is 14.5 Å². The van der Waals surface area contributed by atoms with Crippen LogP contribution in [0.15, 0.2) is 45.3 Å². The summed E-state index contributed by atoms with van der Waals surface area (Å²) < 4.78 is 26.9. The highest BCUT2D eigenvalue weighted by Crippen LogP contribution is 2.27. The third-order valence-corrected chi connectivity index (χ3v) is 4.30. The van der Waals surface area contributed by atoms with Gasteiger partial charge in [-0.25, -0.2) is 13.8 Å². The number of nitrogens with zero attached hydrogens (tertiary/aromatic N) is 1. The highest BCUT2D eigenvalue weighted by atomic mass is 79.9. The number of benzene rings is 2. The van der Waals surface area contributed by atoms with Gasteiger partial charge < -0.3 is 10.3 Å². The molecule has 0 aliphatic heterocycles. The summed E-state index contributed by atoms with van der Waals surface area (Å²) in [7, 11) is 0. The molecule has 8 heteroatoms. The van der Waals surface area contributed by atoms with Gasteiger partial charge in [-0.15, -0.1) is 0 Å². The Bertz CT molecular complexity index is 896. The van der Waals surface area contributed by atoms with Crippen LogP contribution in [0.3, 0.4) is 0 Å². The van der Waals surface area contributed by atoms with Crippen molar-refractivity contribution in [1.29, 1.82) is 0 Å². The first-order valence-corrected chi connectivity index (χ1v) is 8.07. The van der Waals surface area contributed by atoms with Crippen LogP contribution in [0, 0.1) is 0 Å². The van der Waals surface area contributed by atoms with Crippen LogP contribution in [0.1, 0.15) is 22.6 Å². The predicted molar refractivity (Wildman–Crippen MR) is 90.8 cm³/mol. The summed E-state index contributed by atoms with van der Waals surface area (Å²) in [5.74, 6) is -0.753. The minimum absolute atomic E-state index is 0.344. The van der Waals surface area contributed by atoms with Crippen LogP contribution in [-0.4, -0.2) is 15.9 Å². The van der Waals surface area contributed by atoms with Crippen molar-refractivity contribution in [3.8, 4) is 0 Å². The van der Waals surface area contributed by atoms with Crippen LogP contribution in [0.5, 0.6) is 0 Å². The first kappa shape index (κ1) is 16.1. The Hall–Kier alpha value is -1.80. The minimum Gasteiger partial charge on any atom is -0.337 e. The van der Waals surface area contributed by atoms with Crippen molar-refractivity contribution in [2.24, 2.45) is 0 Å². The third-order valence-electron chi connectivity index (χ3n) is 3.15. The molecule has 0 radical (unpaired) electrons. The molecule has 4 nitrogen and oxygen atoms in total. The predicted octanol–water partition coefficient (Wildman–Crippen LogP) is 5.28. The van der Waals surface area contributed by atoms with Crippen molar-refractivity contribution in [2.45, 2.75) is 6.43 Å². The summed E-state index contributed by atoms with van der Waals surface area (Å²) in [5.41, 5.74) is 1.73. The number of imidazole rings is 1. The van der Waals surface area contributed by atoms with E-state index in [9.17, 15) is 13.6 Å². The first-order valence-electron chi connectivity index (χ1n) is 6.48. The number of nitrogens with one attached hydrogen (secondary N) is 2. The van der Waals surface area contributed by atoms with Crippen LogP contribution < -0.4 is 5.32 Å². The molecule has 1 aromatic heterocycles. The Morgan fingerprint density at radius 1 is 1.17 bits per heavy atom. The van der Waals surface area contributed by atoms with Gasteiger partial charge >= 0.3 is 0 Å². The van der Waals surface area contributed by atoms with Crippen molar-refractivity contribution >= 4 is 54.5 Å². The second-order valence-corrected chi connectivity index (χ2v) is 6.50. The number of hydrogen-bond acceptors (Lipinski definition) is 2. The Morgan fingerprint density at radius 3 is 2.65 bits per heavy atom. The molecule has 0 saturated carbocycles. The maximum atomic E-state index is 12.6. The fourth-order valence-corrected chi connectivity index (χ4v) is 3.21. The lowest BCUT2D eigenvalue weighted by atomic mass is 10.2. The zero-order chi connectivity index (χ0) is 16.6. The molecule has 0 aliphatic carbocycles. The number of H-pyrrole nitrogens is 1. The molecule has 0 saturated heterocycles. The maximum absolute atomic E-state index is 12.6. The molecule has 3 aromatic rings. The first-order chi connectivity index (χ1) is 10.9. The van der Waals surface area contributed by atoms with E-state index in [-0.39, 0.29) is 5.91 Å². The number of hydrogen-bond donors (Lipinski definition) is 2. The van der Waals surface area contributed by atoms with Gasteiger partial charge in [-0.1, -0.05) is 15.9 Å². The van der Waals surface area contributed by atoms with Gasteiger partial charge in [-0.05, 0) is 52.3 Å². The molecule has 0 spiro atoms. The van der Waals surface area contributed by atoms with Gasteiger partial charge in [0.15, 0.2) is 5.82 Å². The van der Waals surface area contributed by atoms with Gasteiger partial charge in [0.1, 0.15) is 0 Å². The number of alkyl halides is 2. The monoisotopic (exact) mass is 443 g/mol. The molecular weight excluding hydrogens is 436 g/mol. The molecule has 2 aromatic carbocycles. The number of carbonyl (C=O) groups excluding carboxylic acids is 1. The summed E-state index contributed by atoms with van der Waals surface area (Å²) >= 11 is 6.70. The van der Waals surface area contributed by atoms with E-state index in [1.165, 1.54) is 12.1 Å². The Labute approximate surface area is 146 Å². The van der Waals surface area contributed by atoms with E-state index < -0.39 is 12.2 Å². The Kier molecular flexibility index (Phi) is 4.45. The highest BCUT2D eigenvalue weighted by Gasteiger charge is 2.14. The second-order valence-electron chi connectivity index (χ2n) is 4.73. The number of aromatic nitrogens is 2. The molecule has 118 valence electrons. The molecule has 0 fully saturated rings. The lowest BCUT2D eigenvalue weighted by molar-refractivity contribution is 0.102. The van der Waals surface area contributed by atoms with E-state index in [0.29, 0.717) is 22.3 Å². The number of carbonyl (C=O) groups is 1. The summed E-state index contributed by atoms with van der Waals surface area (Å²) in [6, 6.07) is 9.92. The van der Waals surface area contributed by atoms with Crippen LogP contribution in [-0.2, 0) is 0 Å². The Morgan fingerprint density at radius 2 is 1.96 bits per heavy atom. The molecule has 0 atom stereocenters. The fourth-order valence-electron chi connectivity index (χ4n) is 2.06. The number of rotatable bonds is 3. The Balaban J connectivity index is 1.88. The largest absolute Gasteiger partial charge is 0.337 e. The quantitative estimate of drug-likeness (QED) is 0.577. The molecule has 3 rings (SSSR count). The third kappa shape index (κ3) is 3.42. The van der Waals surface area contributed by atoms with Crippen LogP contribution in [0.25, 0.3) is 11.0 Å². The van der Waals surface area contributed by atoms with Crippen LogP contribution in [0.4, 0.5) is 14.5 Å². The summed E-state index contributed by atoms with van der Waals surface area (Å²) in [4.78, 5) is 18.6. The fraction of sp³-hybridized carbons (Fsp3) is 0.0667. The van der Waals surface area contributed by atoms with Gasteiger partial charge in [0.2, 0.25) is 0 Å². The van der Waals surface area contributed by atoms with Crippen molar-refractivity contribution in [3.05, 3.63) is 56.7 Å². The van der Waals surface area contributed by atoms with Crippen molar-refractivity contribution in [1.82, 2.24) is 9.97 Å². The van der Waals surface area contributed by atoms with Crippen LogP contribution in [0.2, 0.25) is 0 Å². The standard InChI is InChI=1S/C15H9Br2F2N3O/c16-8-2-4-10(9(17)6-8)22-15(23)7-1-3-11-12(5-7)21-14(20-11)13(18)19/h1-6,13H,(H,20,21)(H,22,23). The van der Waals surface area contributed by atoms with Gasteiger partial charge in [0.25, 0.3) is 12.3 Å². The molecule has 0 unspecified atom stereocenters. The lowest BCUT2D eigenvalue weighted by Crippen LogP contribution is -2.12. The van der Waals surface area contributed by atoms with Gasteiger partial charge in [0.05, 0.1) is 16.7 Å². The smallest absolute Gasteiger partial charge is 0.295 e. The number of amides is 1. The zero-order valence-electron chi connectivity index (χ0n) is 11.4. The highest BCUT2D eigenvalue weighted by molar-refractivity contribution is 9.11.